The van der Waals surface area contributed by atoms with Gasteiger partial charge in [0.25, 0.3) is 0 Å². The van der Waals surface area contributed by atoms with Crippen LogP contribution in [-0.2, 0) is 11.5 Å². The van der Waals surface area contributed by atoms with Gasteiger partial charge >= 0.3 is 0 Å². The van der Waals surface area contributed by atoms with Gasteiger partial charge in [-0.2, -0.15) is 4.98 Å². The Balaban J connectivity index is 1.70. The Morgan fingerprint density at radius 1 is 1.14 bits per heavy atom. The fraction of sp³-hybridized carbons (Fsp3) is 0.368. The summed E-state index contributed by atoms with van der Waals surface area (Å²) in [5.74, 6) is 0. The number of imidazole rings is 2. The molecule has 28 heavy (non-hydrogen) atoms. The van der Waals surface area contributed by atoms with Gasteiger partial charge in [-0.3, -0.25) is 8.97 Å². The van der Waals surface area contributed by atoms with Gasteiger partial charge in [-0.05, 0) is 36.2 Å². The molecular weight excluding hydrogens is 392 g/mol. The van der Waals surface area contributed by atoms with E-state index < -0.39 is 8.07 Å². The zero-order valence-electron chi connectivity index (χ0n) is 16.5. The standard InChI is InChI=1S/C19H23ClN6OSi/c1-13-6-5-7-26-14(10-21-17(13)26)15-16-18(24-19(20)23-15)25(11-22-16)12-27-8-9-28(2,3)4/h5-7,10-11H,8-9,12H2,1-4H3. The van der Waals surface area contributed by atoms with Crippen LogP contribution in [0.3, 0.4) is 0 Å². The minimum Gasteiger partial charge on any atom is -0.361 e. The molecule has 0 unspecified atom stereocenters. The largest absolute Gasteiger partial charge is 0.361 e. The van der Waals surface area contributed by atoms with Gasteiger partial charge < -0.3 is 4.74 Å². The summed E-state index contributed by atoms with van der Waals surface area (Å²) in [5.41, 5.74) is 4.81. The van der Waals surface area contributed by atoms with Crippen molar-refractivity contribution in [1.29, 1.82) is 0 Å². The molecule has 0 aliphatic heterocycles. The fourth-order valence-corrected chi connectivity index (χ4v) is 3.98. The van der Waals surface area contributed by atoms with Gasteiger partial charge in [0.1, 0.15) is 23.6 Å². The first-order chi connectivity index (χ1) is 13.3. The van der Waals surface area contributed by atoms with E-state index in [1.807, 2.05) is 34.2 Å². The molecule has 9 heteroatoms. The summed E-state index contributed by atoms with van der Waals surface area (Å²) in [6.07, 6.45) is 5.48. The number of nitrogens with zero attached hydrogens (tertiary/aromatic N) is 6. The first-order valence-corrected chi connectivity index (χ1v) is 13.3. The lowest BCUT2D eigenvalue weighted by Gasteiger charge is -2.15. The van der Waals surface area contributed by atoms with Gasteiger partial charge in [0.15, 0.2) is 5.65 Å². The van der Waals surface area contributed by atoms with Crippen molar-refractivity contribution in [2.45, 2.75) is 39.3 Å². The van der Waals surface area contributed by atoms with Crippen molar-refractivity contribution in [3.63, 3.8) is 0 Å². The molecule has 4 aromatic heterocycles. The van der Waals surface area contributed by atoms with Crippen molar-refractivity contribution in [3.05, 3.63) is 41.7 Å². The Bertz CT molecular complexity index is 1150. The van der Waals surface area contributed by atoms with Crippen molar-refractivity contribution >= 4 is 36.5 Å². The topological polar surface area (TPSA) is 70.1 Å². The summed E-state index contributed by atoms with van der Waals surface area (Å²) in [5, 5.41) is 0.175. The lowest BCUT2D eigenvalue weighted by molar-refractivity contribution is 0.0895. The number of hydrogen-bond donors (Lipinski definition) is 0. The normalized spacial score (nSPS) is 12.3. The summed E-state index contributed by atoms with van der Waals surface area (Å²) in [6, 6.07) is 5.13. The maximum atomic E-state index is 6.24. The summed E-state index contributed by atoms with van der Waals surface area (Å²) >= 11 is 6.24. The molecule has 7 nitrogen and oxygen atoms in total. The predicted molar refractivity (Wildman–Crippen MR) is 113 cm³/mol. The summed E-state index contributed by atoms with van der Waals surface area (Å²) < 4.78 is 9.72. The highest BCUT2D eigenvalue weighted by atomic mass is 35.5. The van der Waals surface area contributed by atoms with Crippen molar-refractivity contribution in [3.8, 4) is 11.4 Å². The molecule has 4 rings (SSSR count). The van der Waals surface area contributed by atoms with Gasteiger partial charge in [0.2, 0.25) is 5.28 Å². The Labute approximate surface area is 169 Å². The number of halogens is 1. The van der Waals surface area contributed by atoms with Crippen LogP contribution in [0.15, 0.2) is 30.9 Å². The van der Waals surface area contributed by atoms with Crippen LogP contribution in [0.2, 0.25) is 31.0 Å². The molecule has 0 saturated carbocycles. The van der Waals surface area contributed by atoms with Crippen molar-refractivity contribution in [2.75, 3.05) is 6.61 Å². The number of hydrogen-bond acceptors (Lipinski definition) is 5. The van der Waals surface area contributed by atoms with Gasteiger partial charge in [-0.25, -0.2) is 15.0 Å². The summed E-state index contributed by atoms with van der Waals surface area (Å²) in [6.45, 7) is 10.1. The van der Waals surface area contributed by atoms with Crippen LogP contribution in [0.5, 0.6) is 0 Å². The highest BCUT2D eigenvalue weighted by Gasteiger charge is 2.18. The second-order valence-electron chi connectivity index (χ2n) is 8.10. The van der Waals surface area contributed by atoms with Crippen LogP contribution in [0.4, 0.5) is 0 Å². The van der Waals surface area contributed by atoms with Gasteiger partial charge in [-0.1, -0.05) is 25.7 Å². The number of pyridine rings is 1. The fourth-order valence-electron chi connectivity index (χ4n) is 3.06. The molecule has 0 atom stereocenters. The SMILES string of the molecule is Cc1cccn2c(-c3nc(Cl)nc4c3ncn4COCC[Si](C)(C)C)cnc12. The molecule has 0 N–H and O–H groups in total. The highest BCUT2D eigenvalue weighted by Crippen LogP contribution is 2.27. The Morgan fingerprint density at radius 2 is 1.96 bits per heavy atom. The van der Waals surface area contributed by atoms with Crippen LogP contribution in [0.1, 0.15) is 5.56 Å². The number of aromatic nitrogens is 6. The summed E-state index contributed by atoms with van der Waals surface area (Å²) in [7, 11) is -1.12. The van der Waals surface area contributed by atoms with Crippen LogP contribution in [0, 0.1) is 6.92 Å². The molecule has 4 heterocycles. The van der Waals surface area contributed by atoms with Crippen molar-refractivity contribution in [2.24, 2.45) is 0 Å². The Hall–Kier alpha value is -2.29. The van der Waals surface area contributed by atoms with E-state index in [-0.39, 0.29) is 5.28 Å². The molecule has 0 bridgehead atoms. The number of rotatable bonds is 6. The van der Waals surface area contributed by atoms with E-state index in [0.717, 1.165) is 29.6 Å². The zero-order valence-corrected chi connectivity index (χ0v) is 18.2. The molecule has 0 aliphatic rings. The minimum atomic E-state index is -1.12. The van der Waals surface area contributed by atoms with Gasteiger partial charge in [0.05, 0.1) is 18.2 Å². The molecule has 0 fully saturated rings. The van der Waals surface area contributed by atoms with E-state index in [0.29, 0.717) is 23.6 Å². The average Bonchev–Trinajstić information content (AvgIpc) is 3.22. The van der Waals surface area contributed by atoms with E-state index >= 15 is 0 Å². The second-order valence-corrected chi connectivity index (χ2v) is 14.1. The van der Waals surface area contributed by atoms with Crippen LogP contribution in [0.25, 0.3) is 28.2 Å². The van der Waals surface area contributed by atoms with E-state index in [1.165, 1.54) is 0 Å². The Morgan fingerprint density at radius 3 is 2.75 bits per heavy atom. The molecule has 4 aromatic rings. The number of fused-ring (bicyclic) bond motifs is 2. The van der Waals surface area contributed by atoms with Crippen LogP contribution >= 0.6 is 11.6 Å². The lowest BCUT2D eigenvalue weighted by atomic mass is 10.2. The molecule has 146 valence electrons. The van der Waals surface area contributed by atoms with Crippen molar-refractivity contribution in [1.82, 2.24) is 28.9 Å². The van der Waals surface area contributed by atoms with Crippen LogP contribution in [-0.4, -0.2) is 43.6 Å². The Kier molecular flexibility index (Phi) is 4.94. The van der Waals surface area contributed by atoms with Gasteiger partial charge in [-0.15, -0.1) is 0 Å². The maximum absolute atomic E-state index is 6.24. The molecule has 0 saturated heterocycles. The lowest BCUT2D eigenvalue weighted by Crippen LogP contribution is -2.22. The quantitative estimate of drug-likeness (QED) is 0.265. The minimum absolute atomic E-state index is 0.175. The van der Waals surface area contributed by atoms with E-state index in [9.17, 15) is 0 Å². The third kappa shape index (κ3) is 3.67. The third-order valence-electron chi connectivity index (χ3n) is 4.64. The molecule has 0 radical (unpaired) electrons. The van der Waals surface area contributed by atoms with E-state index in [2.05, 4.69) is 39.6 Å². The van der Waals surface area contributed by atoms with E-state index in [1.54, 1.807) is 12.5 Å². The predicted octanol–water partition coefficient (Wildman–Crippen LogP) is 4.42. The van der Waals surface area contributed by atoms with Gasteiger partial charge in [0, 0.05) is 20.9 Å². The second kappa shape index (κ2) is 7.27. The molecule has 0 aliphatic carbocycles. The van der Waals surface area contributed by atoms with Crippen LogP contribution < -0.4 is 0 Å². The monoisotopic (exact) mass is 414 g/mol. The molecule has 0 amide bonds. The zero-order chi connectivity index (χ0) is 19.9. The number of ether oxygens (including phenoxy) is 1. The molecule has 0 spiro atoms. The first-order valence-electron chi connectivity index (χ1n) is 9.23. The van der Waals surface area contributed by atoms with Crippen molar-refractivity contribution < 1.29 is 4.74 Å². The molecular formula is C19H23ClN6OSi. The third-order valence-corrected chi connectivity index (χ3v) is 6.51. The number of aryl methyl sites for hydroxylation is 1. The highest BCUT2D eigenvalue weighted by molar-refractivity contribution is 6.76. The average molecular weight is 415 g/mol. The smallest absolute Gasteiger partial charge is 0.225 e. The maximum Gasteiger partial charge on any atom is 0.225 e. The first kappa shape index (κ1) is 19.0. The summed E-state index contributed by atoms with van der Waals surface area (Å²) in [4.78, 5) is 17.9. The molecule has 0 aromatic carbocycles. The van der Waals surface area contributed by atoms with E-state index in [4.69, 9.17) is 16.3 Å².